The van der Waals surface area contributed by atoms with Crippen molar-refractivity contribution in [2.24, 2.45) is 5.73 Å². The van der Waals surface area contributed by atoms with Crippen molar-refractivity contribution in [3.05, 3.63) is 23.3 Å². The minimum atomic E-state index is -0.192. The van der Waals surface area contributed by atoms with Gasteiger partial charge in [-0.15, -0.1) is 0 Å². The van der Waals surface area contributed by atoms with Crippen LogP contribution in [0, 0.1) is 6.92 Å². The summed E-state index contributed by atoms with van der Waals surface area (Å²) in [6, 6.07) is 4.02. The van der Waals surface area contributed by atoms with Crippen molar-refractivity contribution in [3.8, 4) is 11.5 Å². The number of hydrogen-bond acceptors (Lipinski definition) is 3. The Morgan fingerprint density at radius 1 is 1.12 bits per heavy atom. The van der Waals surface area contributed by atoms with Crippen LogP contribution in [-0.2, 0) is 5.54 Å². The van der Waals surface area contributed by atoms with Gasteiger partial charge in [0, 0.05) is 17.2 Å². The summed E-state index contributed by atoms with van der Waals surface area (Å²) in [5.41, 5.74) is 8.37. The third kappa shape index (κ3) is 1.65. The monoisotopic (exact) mass is 221 g/mol. The van der Waals surface area contributed by atoms with Gasteiger partial charge in [-0.1, -0.05) is 0 Å². The Kier molecular flexibility index (Phi) is 2.80. The molecule has 0 heterocycles. The molecule has 1 fully saturated rings. The summed E-state index contributed by atoms with van der Waals surface area (Å²) in [5, 5.41) is 0. The van der Waals surface area contributed by atoms with Crippen LogP contribution < -0.4 is 15.2 Å². The van der Waals surface area contributed by atoms with E-state index in [2.05, 4.69) is 6.07 Å². The molecule has 88 valence electrons. The van der Waals surface area contributed by atoms with Crippen molar-refractivity contribution in [3.63, 3.8) is 0 Å². The van der Waals surface area contributed by atoms with Gasteiger partial charge >= 0.3 is 0 Å². The van der Waals surface area contributed by atoms with E-state index < -0.39 is 0 Å². The molecule has 1 aromatic rings. The van der Waals surface area contributed by atoms with Crippen LogP contribution in [0.3, 0.4) is 0 Å². The highest BCUT2D eigenvalue weighted by molar-refractivity contribution is 5.49. The molecule has 0 atom stereocenters. The molecular formula is C13H19NO2. The molecule has 3 nitrogen and oxygen atoms in total. The summed E-state index contributed by atoms with van der Waals surface area (Å²) < 4.78 is 10.7. The van der Waals surface area contributed by atoms with Crippen LogP contribution in [0.4, 0.5) is 0 Å². The van der Waals surface area contributed by atoms with Crippen LogP contribution in [0.25, 0.3) is 0 Å². The highest BCUT2D eigenvalue weighted by Gasteiger charge is 2.37. The van der Waals surface area contributed by atoms with Gasteiger partial charge in [0.15, 0.2) is 0 Å². The fourth-order valence-corrected chi connectivity index (χ4v) is 2.27. The number of ether oxygens (including phenoxy) is 2. The standard InChI is InChI=1S/C13H19NO2/c1-9-7-10(13(14)5-4-6-13)12(16-3)8-11(9)15-2/h7-8H,4-6,14H2,1-3H3. The molecular weight excluding hydrogens is 202 g/mol. The molecule has 3 heteroatoms. The van der Waals surface area contributed by atoms with Gasteiger partial charge in [-0.05, 0) is 37.8 Å². The summed E-state index contributed by atoms with van der Waals surface area (Å²) in [6.45, 7) is 2.03. The molecule has 1 aliphatic carbocycles. The second-order valence-corrected chi connectivity index (χ2v) is 4.53. The van der Waals surface area contributed by atoms with Crippen molar-refractivity contribution in [2.45, 2.75) is 31.7 Å². The van der Waals surface area contributed by atoms with Crippen molar-refractivity contribution < 1.29 is 9.47 Å². The van der Waals surface area contributed by atoms with E-state index in [1.807, 2.05) is 13.0 Å². The lowest BCUT2D eigenvalue weighted by atomic mass is 9.72. The molecule has 0 aliphatic heterocycles. The van der Waals surface area contributed by atoms with Gasteiger partial charge < -0.3 is 15.2 Å². The molecule has 0 unspecified atom stereocenters. The SMILES string of the molecule is COc1cc(OC)c(C2(N)CCC2)cc1C. The lowest BCUT2D eigenvalue weighted by Gasteiger charge is -2.39. The predicted octanol–water partition coefficient (Wildman–Crippen LogP) is 2.35. The first kappa shape index (κ1) is 11.3. The fourth-order valence-electron chi connectivity index (χ4n) is 2.27. The van der Waals surface area contributed by atoms with Crippen molar-refractivity contribution in [1.29, 1.82) is 0 Å². The molecule has 0 amide bonds. The van der Waals surface area contributed by atoms with Gasteiger partial charge in [0.05, 0.1) is 14.2 Å². The first-order valence-electron chi connectivity index (χ1n) is 5.63. The Bertz CT molecular complexity index is 397. The second kappa shape index (κ2) is 3.98. The van der Waals surface area contributed by atoms with Crippen molar-refractivity contribution in [2.75, 3.05) is 14.2 Å². The summed E-state index contributed by atoms with van der Waals surface area (Å²) in [6.07, 6.45) is 3.27. The van der Waals surface area contributed by atoms with E-state index in [1.165, 1.54) is 6.42 Å². The van der Waals surface area contributed by atoms with E-state index >= 15 is 0 Å². The third-order valence-corrected chi connectivity index (χ3v) is 3.50. The van der Waals surface area contributed by atoms with E-state index in [1.54, 1.807) is 14.2 Å². The first-order valence-corrected chi connectivity index (χ1v) is 5.63. The van der Waals surface area contributed by atoms with Crippen molar-refractivity contribution in [1.82, 2.24) is 0 Å². The molecule has 1 saturated carbocycles. The summed E-state index contributed by atoms with van der Waals surface area (Å²) in [7, 11) is 3.35. The zero-order chi connectivity index (χ0) is 11.8. The number of methoxy groups -OCH3 is 2. The Hall–Kier alpha value is -1.22. The Labute approximate surface area is 96.5 Å². The molecule has 0 saturated heterocycles. The van der Waals surface area contributed by atoms with Crippen molar-refractivity contribution >= 4 is 0 Å². The van der Waals surface area contributed by atoms with Crippen LogP contribution in [-0.4, -0.2) is 14.2 Å². The summed E-state index contributed by atoms with van der Waals surface area (Å²) >= 11 is 0. The average molecular weight is 221 g/mol. The zero-order valence-electron chi connectivity index (χ0n) is 10.2. The van der Waals surface area contributed by atoms with E-state index in [0.717, 1.165) is 35.5 Å². The molecule has 2 N–H and O–H groups in total. The molecule has 16 heavy (non-hydrogen) atoms. The minimum absolute atomic E-state index is 0.192. The minimum Gasteiger partial charge on any atom is -0.496 e. The lowest BCUT2D eigenvalue weighted by Crippen LogP contribution is -2.43. The average Bonchev–Trinajstić information content (AvgIpc) is 2.25. The quantitative estimate of drug-likeness (QED) is 0.852. The molecule has 0 aromatic heterocycles. The van der Waals surface area contributed by atoms with Crippen LogP contribution >= 0.6 is 0 Å². The van der Waals surface area contributed by atoms with Gasteiger partial charge in [0.2, 0.25) is 0 Å². The lowest BCUT2D eigenvalue weighted by molar-refractivity contribution is 0.243. The summed E-state index contributed by atoms with van der Waals surface area (Å²) in [4.78, 5) is 0. The number of rotatable bonds is 3. The van der Waals surface area contributed by atoms with E-state index in [4.69, 9.17) is 15.2 Å². The molecule has 1 aromatic carbocycles. The van der Waals surface area contributed by atoms with Gasteiger partial charge in [-0.2, -0.15) is 0 Å². The predicted molar refractivity (Wildman–Crippen MR) is 64.0 cm³/mol. The molecule has 0 bridgehead atoms. The fraction of sp³-hybridized carbons (Fsp3) is 0.538. The van der Waals surface area contributed by atoms with Crippen LogP contribution in [0.1, 0.15) is 30.4 Å². The maximum atomic E-state index is 6.34. The van der Waals surface area contributed by atoms with Gasteiger partial charge in [0.25, 0.3) is 0 Å². The van der Waals surface area contributed by atoms with E-state index in [9.17, 15) is 0 Å². The van der Waals surface area contributed by atoms with Gasteiger partial charge in [-0.25, -0.2) is 0 Å². The number of benzene rings is 1. The topological polar surface area (TPSA) is 44.5 Å². The van der Waals surface area contributed by atoms with Crippen LogP contribution in [0.2, 0.25) is 0 Å². The highest BCUT2D eigenvalue weighted by Crippen LogP contribution is 2.44. The number of nitrogens with two attached hydrogens (primary N) is 1. The Morgan fingerprint density at radius 3 is 2.19 bits per heavy atom. The zero-order valence-corrected chi connectivity index (χ0v) is 10.2. The normalized spacial score (nSPS) is 17.8. The number of aryl methyl sites for hydroxylation is 1. The molecule has 1 aliphatic rings. The van der Waals surface area contributed by atoms with E-state index in [-0.39, 0.29) is 5.54 Å². The smallest absolute Gasteiger partial charge is 0.127 e. The molecule has 0 radical (unpaired) electrons. The van der Waals surface area contributed by atoms with Crippen LogP contribution in [0.5, 0.6) is 11.5 Å². The molecule has 2 rings (SSSR count). The molecule has 0 spiro atoms. The number of hydrogen-bond donors (Lipinski definition) is 1. The Morgan fingerprint density at radius 2 is 1.75 bits per heavy atom. The summed E-state index contributed by atoms with van der Waals surface area (Å²) in [5.74, 6) is 1.69. The van der Waals surface area contributed by atoms with Gasteiger partial charge in [0.1, 0.15) is 11.5 Å². The third-order valence-electron chi connectivity index (χ3n) is 3.50. The first-order chi connectivity index (χ1) is 7.60. The Balaban J connectivity index is 2.48. The second-order valence-electron chi connectivity index (χ2n) is 4.53. The van der Waals surface area contributed by atoms with Crippen LogP contribution in [0.15, 0.2) is 12.1 Å². The highest BCUT2D eigenvalue weighted by atomic mass is 16.5. The van der Waals surface area contributed by atoms with E-state index in [0.29, 0.717) is 0 Å². The largest absolute Gasteiger partial charge is 0.496 e. The maximum absolute atomic E-state index is 6.34. The maximum Gasteiger partial charge on any atom is 0.127 e. The van der Waals surface area contributed by atoms with Gasteiger partial charge in [-0.3, -0.25) is 0 Å².